The number of benzene rings is 1. The van der Waals surface area contributed by atoms with Crippen molar-refractivity contribution in [3.63, 3.8) is 0 Å². The van der Waals surface area contributed by atoms with Gasteiger partial charge in [-0.15, -0.1) is 0 Å². The van der Waals surface area contributed by atoms with E-state index in [0.29, 0.717) is 6.61 Å². The number of hydrogen-bond acceptors (Lipinski definition) is 1. The van der Waals surface area contributed by atoms with Crippen LogP contribution in [0.1, 0.15) is 24.8 Å². The Balaban J connectivity index is 2.07. The minimum Gasteiger partial charge on any atom is -0.381 e. The summed E-state index contributed by atoms with van der Waals surface area (Å²) in [4.78, 5) is 0. The van der Waals surface area contributed by atoms with Gasteiger partial charge in [0.2, 0.25) is 0 Å². The summed E-state index contributed by atoms with van der Waals surface area (Å²) in [5.74, 6) is 0. The third-order valence-corrected chi connectivity index (χ3v) is 2.56. The van der Waals surface area contributed by atoms with E-state index in [0.717, 1.165) is 24.5 Å². The van der Waals surface area contributed by atoms with Crippen LogP contribution in [-0.2, 0) is 11.2 Å². The van der Waals surface area contributed by atoms with Gasteiger partial charge >= 0.3 is 0 Å². The molecule has 83 valence electrons. The van der Waals surface area contributed by atoms with Crippen LogP contribution in [0, 0.1) is 6.92 Å². The van der Waals surface area contributed by atoms with Crippen molar-refractivity contribution in [2.24, 2.45) is 0 Å². The van der Waals surface area contributed by atoms with Gasteiger partial charge in [-0.05, 0) is 43.9 Å². The summed E-state index contributed by atoms with van der Waals surface area (Å²) in [6.45, 7) is 5.04. The average Bonchev–Trinajstić information content (AvgIpc) is 2.26. The Labute approximate surface area is 97.4 Å². The normalized spacial score (nSPS) is 10.5. The van der Waals surface area contributed by atoms with Crippen LogP contribution in [0.4, 0.5) is 0 Å². The molecule has 0 atom stereocenters. The third-order valence-electron chi connectivity index (χ3n) is 2.31. The predicted molar refractivity (Wildman–Crippen MR) is 65.2 cm³/mol. The summed E-state index contributed by atoms with van der Waals surface area (Å²) in [6.07, 6.45) is 4.68. The van der Waals surface area contributed by atoms with E-state index in [9.17, 15) is 0 Å². The van der Waals surface area contributed by atoms with E-state index in [-0.39, 0.29) is 0 Å². The molecule has 0 aliphatic carbocycles. The lowest BCUT2D eigenvalue weighted by atomic mass is 10.1. The predicted octanol–water partition coefficient (Wildman–Crippen LogP) is 3.90. The van der Waals surface area contributed by atoms with Crippen molar-refractivity contribution < 1.29 is 4.74 Å². The third kappa shape index (κ3) is 5.81. The Morgan fingerprint density at radius 2 is 1.80 bits per heavy atom. The highest BCUT2D eigenvalue weighted by molar-refractivity contribution is 6.30. The molecule has 0 bridgehead atoms. The molecule has 0 amide bonds. The molecule has 2 heteroatoms. The molecule has 0 saturated heterocycles. The summed E-state index contributed by atoms with van der Waals surface area (Å²) >= 11 is 5.81. The molecule has 0 unspecified atom stereocenters. The van der Waals surface area contributed by atoms with E-state index in [1.54, 1.807) is 0 Å². The number of halogens is 1. The second-order valence-corrected chi connectivity index (χ2v) is 3.99. The Morgan fingerprint density at radius 3 is 2.47 bits per heavy atom. The number of rotatable bonds is 7. The van der Waals surface area contributed by atoms with Gasteiger partial charge in [-0.3, -0.25) is 0 Å². The van der Waals surface area contributed by atoms with Crippen molar-refractivity contribution in [3.8, 4) is 0 Å². The lowest BCUT2D eigenvalue weighted by Crippen LogP contribution is -1.94. The fourth-order valence-electron chi connectivity index (χ4n) is 1.46. The van der Waals surface area contributed by atoms with Gasteiger partial charge in [0.05, 0.1) is 0 Å². The fourth-order valence-corrected chi connectivity index (χ4v) is 1.59. The molecule has 0 N–H and O–H groups in total. The monoisotopic (exact) mass is 225 g/mol. The minimum atomic E-state index is 0.581. The van der Waals surface area contributed by atoms with E-state index in [2.05, 4.69) is 19.1 Å². The van der Waals surface area contributed by atoms with Gasteiger partial charge in [0, 0.05) is 18.2 Å². The average molecular weight is 226 g/mol. The van der Waals surface area contributed by atoms with Crippen molar-refractivity contribution in [1.29, 1.82) is 0 Å². The molecule has 0 heterocycles. The summed E-state index contributed by atoms with van der Waals surface area (Å²) in [6, 6.07) is 8.08. The first kappa shape index (κ1) is 12.5. The lowest BCUT2D eigenvalue weighted by Gasteiger charge is -2.02. The quantitative estimate of drug-likeness (QED) is 0.640. The lowest BCUT2D eigenvalue weighted by molar-refractivity contribution is 0.156. The van der Waals surface area contributed by atoms with Crippen LogP contribution in [0.25, 0.3) is 0 Å². The second kappa shape index (κ2) is 7.72. The number of unbranched alkanes of at least 4 members (excludes halogenated alkanes) is 2. The zero-order chi connectivity index (χ0) is 10.9. The first-order chi connectivity index (χ1) is 7.33. The largest absolute Gasteiger partial charge is 0.381 e. The van der Waals surface area contributed by atoms with Crippen molar-refractivity contribution >= 4 is 11.6 Å². The van der Waals surface area contributed by atoms with E-state index in [4.69, 9.17) is 16.3 Å². The van der Waals surface area contributed by atoms with E-state index < -0.39 is 0 Å². The van der Waals surface area contributed by atoms with E-state index in [1.165, 1.54) is 18.4 Å². The molecular formula is C13H18ClO. The highest BCUT2D eigenvalue weighted by Gasteiger charge is 1.94. The van der Waals surface area contributed by atoms with E-state index in [1.807, 2.05) is 12.1 Å². The molecule has 0 aromatic heterocycles. The summed E-state index contributed by atoms with van der Waals surface area (Å²) in [5.41, 5.74) is 1.36. The number of hydrogen-bond donors (Lipinski definition) is 0. The molecule has 0 spiro atoms. The maximum Gasteiger partial charge on any atom is 0.0466 e. The topological polar surface area (TPSA) is 9.23 Å². The molecule has 0 aliphatic rings. The van der Waals surface area contributed by atoms with Crippen LogP contribution in [-0.4, -0.2) is 13.2 Å². The van der Waals surface area contributed by atoms with Crippen LogP contribution in [0.5, 0.6) is 0 Å². The van der Waals surface area contributed by atoms with Gasteiger partial charge in [0.1, 0.15) is 0 Å². The Kier molecular flexibility index (Phi) is 6.45. The van der Waals surface area contributed by atoms with Gasteiger partial charge in [-0.2, -0.15) is 0 Å². The number of ether oxygens (including phenoxy) is 1. The first-order valence-electron chi connectivity index (χ1n) is 5.44. The maximum absolute atomic E-state index is 5.81. The zero-order valence-electron chi connectivity index (χ0n) is 9.05. The van der Waals surface area contributed by atoms with Crippen molar-refractivity contribution in [2.45, 2.75) is 25.7 Å². The molecule has 1 aromatic carbocycles. The minimum absolute atomic E-state index is 0.581. The summed E-state index contributed by atoms with van der Waals surface area (Å²) in [5, 5.41) is 0.808. The molecule has 1 nitrogen and oxygen atoms in total. The van der Waals surface area contributed by atoms with Gasteiger partial charge < -0.3 is 4.74 Å². The van der Waals surface area contributed by atoms with Gasteiger partial charge in [-0.1, -0.05) is 30.2 Å². The molecule has 0 aliphatic heterocycles. The van der Waals surface area contributed by atoms with Crippen LogP contribution in [0.3, 0.4) is 0 Å². The highest BCUT2D eigenvalue weighted by Crippen LogP contribution is 2.12. The van der Waals surface area contributed by atoms with Crippen LogP contribution in [0.15, 0.2) is 24.3 Å². The van der Waals surface area contributed by atoms with Crippen molar-refractivity contribution in [1.82, 2.24) is 0 Å². The fraction of sp³-hybridized carbons (Fsp3) is 0.462. The molecule has 0 fully saturated rings. The second-order valence-electron chi connectivity index (χ2n) is 3.55. The SMILES string of the molecule is [CH2]COCCCCCc1ccc(Cl)cc1. The highest BCUT2D eigenvalue weighted by atomic mass is 35.5. The zero-order valence-corrected chi connectivity index (χ0v) is 9.80. The van der Waals surface area contributed by atoms with Crippen LogP contribution < -0.4 is 0 Å². The Hall–Kier alpha value is -0.530. The number of aryl methyl sites for hydroxylation is 1. The van der Waals surface area contributed by atoms with Crippen LogP contribution >= 0.6 is 11.6 Å². The standard InChI is InChI=1S/C13H18ClO/c1-2-15-11-5-3-4-6-12-7-9-13(14)10-8-12/h7-10H,1-6,11H2. The maximum atomic E-state index is 5.81. The summed E-state index contributed by atoms with van der Waals surface area (Å²) < 4.78 is 5.17. The van der Waals surface area contributed by atoms with Crippen molar-refractivity contribution in [2.75, 3.05) is 13.2 Å². The molecule has 1 aromatic rings. The smallest absolute Gasteiger partial charge is 0.0466 e. The van der Waals surface area contributed by atoms with Crippen molar-refractivity contribution in [3.05, 3.63) is 41.8 Å². The Bertz CT molecular complexity index is 256. The summed E-state index contributed by atoms with van der Waals surface area (Å²) in [7, 11) is 0. The molecular weight excluding hydrogens is 208 g/mol. The molecule has 1 radical (unpaired) electrons. The first-order valence-corrected chi connectivity index (χ1v) is 5.82. The van der Waals surface area contributed by atoms with E-state index >= 15 is 0 Å². The molecule has 0 saturated carbocycles. The molecule has 15 heavy (non-hydrogen) atoms. The van der Waals surface area contributed by atoms with Gasteiger partial charge in [0.15, 0.2) is 0 Å². The Morgan fingerprint density at radius 1 is 1.07 bits per heavy atom. The van der Waals surface area contributed by atoms with Gasteiger partial charge in [0.25, 0.3) is 0 Å². The molecule has 1 rings (SSSR count). The van der Waals surface area contributed by atoms with Gasteiger partial charge in [-0.25, -0.2) is 0 Å². The van der Waals surface area contributed by atoms with Crippen LogP contribution in [0.2, 0.25) is 5.02 Å².